The van der Waals surface area contributed by atoms with Crippen LogP contribution in [0.25, 0.3) is 10.2 Å². The molecule has 1 atom stereocenters. The summed E-state index contributed by atoms with van der Waals surface area (Å²) < 4.78 is 13.1. The van der Waals surface area contributed by atoms with Crippen LogP contribution in [0.4, 0.5) is 10.1 Å². The number of carbonyl (C=O) groups is 1. The lowest BCUT2D eigenvalue weighted by atomic mass is 10.1. The van der Waals surface area contributed by atoms with E-state index in [0.29, 0.717) is 5.69 Å². The van der Waals surface area contributed by atoms with Gasteiger partial charge in [-0.25, -0.2) is 14.4 Å². The van der Waals surface area contributed by atoms with Crippen LogP contribution < -0.4 is 5.32 Å². The first-order valence-corrected chi connectivity index (χ1v) is 9.93. The lowest BCUT2D eigenvalue weighted by Crippen LogP contribution is -2.19. The largest absolute Gasteiger partial charge is 0.325 e. The Morgan fingerprint density at radius 2 is 1.81 bits per heavy atom. The van der Waals surface area contributed by atoms with Crippen molar-refractivity contribution in [3.8, 4) is 0 Å². The number of anilines is 1. The number of rotatable bonds is 5. The van der Waals surface area contributed by atoms with E-state index in [-0.39, 0.29) is 11.7 Å². The molecular formula is C20H14FN3OS2. The van der Waals surface area contributed by atoms with E-state index in [1.807, 2.05) is 41.8 Å². The molecule has 2 heterocycles. The van der Waals surface area contributed by atoms with Crippen LogP contribution in [0.3, 0.4) is 0 Å². The third-order valence-electron chi connectivity index (χ3n) is 3.91. The van der Waals surface area contributed by atoms with E-state index in [1.54, 1.807) is 12.1 Å². The van der Waals surface area contributed by atoms with Gasteiger partial charge in [0, 0.05) is 11.1 Å². The zero-order valence-electron chi connectivity index (χ0n) is 14.0. The Kier molecular flexibility index (Phi) is 5.13. The molecule has 0 aliphatic rings. The molecule has 0 saturated carbocycles. The molecular weight excluding hydrogens is 381 g/mol. The van der Waals surface area contributed by atoms with E-state index in [9.17, 15) is 9.18 Å². The number of thioether (sulfide) groups is 1. The molecule has 4 rings (SSSR count). The van der Waals surface area contributed by atoms with E-state index >= 15 is 0 Å². The van der Waals surface area contributed by atoms with Crippen molar-refractivity contribution in [1.29, 1.82) is 0 Å². The van der Waals surface area contributed by atoms with Crippen molar-refractivity contribution in [1.82, 2.24) is 9.97 Å². The Balaban J connectivity index is 1.66. The number of carbonyl (C=O) groups excluding carboxylic acids is 1. The van der Waals surface area contributed by atoms with Crippen molar-refractivity contribution in [3.05, 3.63) is 83.8 Å². The van der Waals surface area contributed by atoms with Gasteiger partial charge in [0.15, 0.2) is 0 Å². The average molecular weight is 395 g/mol. The number of halogens is 1. The molecule has 4 aromatic rings. The second-order valence-electron chi connectivity index (χ2n) is 5.72. The molecule has 0 bridgehead atoms. The number of hydrogen-bond donors (Lipinski definition) is 1. The molecule has 2 aromatic heterocycles. The molecule has 0 aliphatic heterocycles. The highest BCUT2D eigenvalue weighted by Gasteiger charge is 2.24. The van der Waals surface area contributed by atoms with E-state index in [4.69, 9.17) is 0 Å². The number of fused-ring (bicyclic) bond motifs is 1. The van der Waals surface area contributed by atoms with E-state index < -0.39 is 5.25 Å². The van der Waals surface area contributed by atoms with Gasteiger partial charge in [-0.3, -0.25) is 4.79 Å². The molecule has 1 amide bonds. The topological polar surface area (TPSA) is 54.9 Å². The van der Waals surface area contributed by atoms with Gasteiger partial charge in [-0.2, -0.15) is 0 Å². The summed E-state index contributed by atoms with van der Waals surface area (Å²) >= 11 is 2.91. The van der Waals surface area contributed by atoms with Crippen molar-refractivity contribution in [2.24, 2.45) is 0 Å². The normalized spacial score (nSPS) is 12.0. The lowest BCUT2D eigenvalue weighted by Gasteiger charge is -2.17. The minimum atomic E-state index is -0.505. The van der Waals surface area contributed by atoms with Crippen LogP contribution in [0.5, 0.6) is 0 Å². The highest BCUT2D eigenvalue weighted by atomic mass is 32.2. The van der Waals surface area contributed by atoms with E-state index in [2.05, 4.69) is 15.3 Å². The van der Waals surface area contributed by atoms with Crippen molar-refractivity contribution >= 4 is 44.9 Å². The maximum absolute atomic E-state index is 13.1. The molecule has 2 aromatic carbocycles. The maximum Gasteiger partial charge on any atom is 0.242 e. The van der Waals surface area contributed by atoms with Gasteiger partial charge >= 0.3 is 0 Å². The van der Waals surface area contributed by atoms with Crippen LogP contribution in [-0.4, -0.2) is 15.9 Å². The number of amides is 1. The fraction of sp³-hybridized carbons (Fsp3) is 0.0500. The molecule has 0 saturated heterocycles. The van der Waals surface area contributed by atoms with Crippen LogP contribution in [0.1, 0.15) is 10.8 Å². The number of nitrogens with zero attached hydrogens (tertiary/aromatic N) is 2. The van der Waals surface area contributed by atoms with Gasteiger partial charge in [0.05, 0.1) is 0 Å². The van der Waals surface area contributed by atoms with Crippen molar-refractivity contribution in [2.45, 2.75) is 10.3 Å². The number of thiophene rings is 1. The van der Waals surface area contributed by atoms with Gasteiger partial charge in [0.1, 0.15) is 27.3 Å². The average Bonchev–Trinajstić information content (AvgIpc) is 3.18. The Morgan fingerprint density at radius 3 is 2.59 bits per heavy atom. The van der Waals surface area contributed by atoms with Gasteiger partial charge in [-0.1, -0.05) is 42.1 Å². The van der Waals surface area contributed by atoms with Gasteiger partial charge in [0.2, 0.25) is 5.91 Å². The molecule has 0 fully saturated rings. The quantitative estimate of drug-likeness (QED) is 0.368. The van der Waals surface area contributed by atoms with Gasteiger partial charge in [-0.05, 0) is 41.3 Å². The van der Waals surface area contributed by atoms with Gasteiger partial charge in [-0.15, -0.1) is 11.3 Å². The highest BCUT2D eigenvalue weighted by molar-refractivity contribution is 8.00. The fourth-order valence-electron chi connectivity index (χ4n) is 2.61. The molecule has 0 aliphatic carbocycles. The van der Waals surface area contributed by atoms with E-state index in [1.165, 1.54) is 41.6 Å². The summed E-state index contributed by atoms with van der Waals surface area (Å²) in [5, 5.41) is 6.00. The zero-order valence-corrected chi connectivity index (χ0v) is 15.6. The molecule has 0 radical (unpaired) electrons. The van der Waals surface area contributed by atoms with Crippen molar-refractivity contribution < 1.29 is 9.18 Å². The Bertz CT molecular complexity index is 1070. The smallest absolute Gasteiger partial charge is 0.242 e. The summed E-state index contributed by atoms with van der Waals surface area (Å²) in [6.45, 7) is 0. The Labute approximate surface area is 163 Å². The molecule has 4 nitrogen and oxygen atoms in total. The lowest BCUT2D eigenvalue weighted by molar-refractivity contribution is -0.115. The first-order valence-electron chi connectivity index (χ1n) is 8.17. The fourth-order valence-corrected chi connectivity index (χ4v) is 4.49. The second kappa shape index (κ2) is 7.85. The third kappa shape index (κ3) is 3.99. The van der Waals surface area contributed by atoms with Gasteiger partial charge in [0.25, 0.3) is 0 Å². The molecule has 27 heavy (non-hydrogen) atoms. The summed E-state index contributed by atoms with van der Waals surface area (Å²) in [6, 6.07) is 17.2. The van der Waals surface area contributed by atoms with Crippen molar-refractivity contribution in [3.63, 3.8) is 0 Å². The highest BCUT2D eigenvalue weighted by Crippen LogP contribution is 2.38. The summed E-state index contributed by atoms with van der Waals surface area (Å²) in [5.41, 5.74) is 1.41. The number of benzene rings is 2. The van der Waals surface area contributed by atoms with Crippen LogP contribution in [0.15, 0.2) is 77.4 Å². The van der Waals surface area contributed by atoms with Crippen molar-refractivity contribution in [2.75, 3.05) is 5.32 Å². The number of nitrogens with one attached hydrogen (secondary N) is 1. The predicted octanol–water partition coefficient (Wildman–Crippen LogP) is 5.30. The SMILES string of the molecule is O=C(Nc1ccc(F)cc1)[C@@H](Sc1ncnc2sccc12)c1ccccc1. The van der Waals surface area contributed by atoms with E-state index in [0.717, 1.165) is 20.8 Å². The number of hydrogen-bond acceptors (Lipinski definition) is 5. The first-order chi connectivity index (χ1) is 13.2. The maximum atomic E-state index is 13.1. The summed E-state index contributed by atoms with van der Waals surface area (Å²) in [5.74, 6) is -0.539. The van der Waals surface area contributed by atoms with Crippen LogP contribution in [0, 0.1) is 5.82 Å². The van der Waals surface area contributed by atoms with Crippen LogP contribution in [-0.2, 0) is 4.79 Å². The molecule has 134 valence electrons. The number of aromatic nitrogens is 2. The summed E-state index contributed by atoms with van der Waals surface area (Å²) in [4.78, 5) is 22.5. The monoisotopic (exact) mass is 395 g/mol. The minimum Gasteiger partial charge on any atom is -0.325 e. The molecule has 0 unspecified atom stereocenters. The third-order valence-corrected chi connectivity index (χ3v) is 6.00. The van der Waals surface area contributed by atoms with Crippen LogP contribution >= 0.6 is 23.1 Å². The second-order valence-corrected chi connectivity index (χ2v) is 7.71. The Hall–Kier alpha value is -2.77. The standard InChI is InChI=1S/C20H14FN3OS2/c21-14-6-8-15(9-7-14)24-18(25)17(13-4-2-1-3-5-13)27-20-16-10-11-26-19(16)22-12-23-20/h1-12,17H,(H,24,25)/t17-/m0/s1. The zero-order chi connectivity index (χ0) is 18.6. The summed E-state index contributed by atoms with van der Waals surface area (Å²) in [6.07, 6.45) is 1.51. The van der Waals surface area contributed by atoms with Crippen LogP contribution in [0.2, 0.25) is 0 Å². The summed E-state index contributed by atoms with van der Waals surface area (Å²) in [7, 11) is 0. The molecule has 0 spiro atoms. The predicted molar refractivity (Wildman–Crippen MR) is 107 cm³/mol. The minimum absolute atomic E-state index is 0.195. The van der Waals surface area contributed by atoms with Gasteiger partial charge < -0.3 is 5.32 Å². The molecule has 1 N–H and O–H groups in total. The first kappa shape index (κ1) is 17.6. The molecule has 7 heteroatoms. The Morgan fingerprint density at radius 1 is 1.04 bits per heavy atom.